The summed E-state index contributed by atoms with van der Waals surface area (Å²) in [4.78, 5) is 0. The molecule has 1 aromatic rings. The molecule has 1 N–H and O–H groups in total. The molecule has 1 fully saturated rings. The maximum Gasteiger partial charge on any atom is 0.118 e. The summed E-state index contributed by atoms with van der Waals surface area (Å²) in [7, 11) is 1.65. The number of aliphatic hydroxyl groups excluding tert-OH is 1. The quantitative estimate of drug-likeness (QED) is 0.360. The molecule has 184 valence electrons. The smallest absolute Gasteiger partial charge is 0.118 e. The van der Waals surface area contributed by atoms with Gasteiger partial charge in [-0.15, -0.1) is 0 Å². The number of rotatable bonds is 16. The lowest BCUT2D eigenvalue weighted by atomic mass is 9.86. The van der Waals surface area contributed by atoms with Crippen molar-refractivity contribution in [1.82, 2.24) is 0 Å². The summed E-state index contributed by atoms with van der Waals surface area (Å²) in [5.41, 5.74) is 1.02. The highest BCUT2D eigenvalue weighted by Gasteiger charge is 2.46. The fourth-order valence-corrected chi connectivity index (χ4v) is 3.88. The molecule has 1 saturated carbocycles. The van der Waals surface area contributed by atoms with Crippen molar-refractivity contribution in [3.8, 4) is 5.75 Å². The third-order valence-corrected chi connectivity index (χ3v) is 5.94. The van der Waals surface area contributed by atoms with E-state index >= 15 is 0 Å². The van der Waals surface area contributed by atoms with Crippen LogP contribution in [0.1, 0.15) is 71.3 Å². The zero-order valence-electron chi connectivity index (χ0n) is 20.5. The van der Waals surface area contributed by atoms with Crippen molar-refractivity contribution in [3.63, 3.8) is 0 Å². The topological polar surface area (TPSA) is 66.4 Å². The van der Waals surface area contributed by atoms with Gasteiger partial charge >= 0.3 is 0 Å². The van der Waals surface area contributed by atoms with Crippen molar-refractivity contribution >= 4 is 0 Å². The van der Waals surface area contributed by atoms with Gasteiger partial charge in [0.15, 0.2) is 0 Å². The van der Waals surface area contributed by atoms with Crippen molar-refractivity contribution < 1.29 is 28.8 Å². The fourth-order valence-electron chi connectivity index (χ4n) is 3.88. The van der Waals surface area contributed by atoms with Crippen molar-refractivity contribution in [2.45, 2.75) is 103 Å². The van der Waals surface area contributed by atoms with Gasteiger partial charge in [-0.3, -0.25) is 0 Å². The Labute approximate surface area is 194 Å². The van der Waals surface area contributed by atoms with Gasteiger partial charge < -0.3 is 28.8 Å². The molecule has 0 amide bonds. The molecular formula is C26H44O6. The Morgan fingerprint density at radius 2 is 1.31 bits per heavy atom. The second-order valence-corrected chi connectivity index (χ2v) is 8.56. The summed E-state index contributed by atoms with van der Waals surface area (Å²) in [5.74, 6) is 0.806. The molecule has 0 heterocycles. The van der Waals surface area contributed by atoms with Crippen LogP contribution in [-0.2, 0) is 25.6 Å². The van der Waals surface area contributed by atoms with Gasteiger partial charge in [0.05, 0.1) is 25.9 Å². The van der Waals surface area contributed by atoms with Crippen LogP contribution in [0.25, 0.3) is 0 Å². The van der Waals surface area contributed by atoms with Gasteiger partial charge in [-0.2, -0.15) is 0 Å². The Balaban J connectivity index is 2.14. The van der Waals surface area contributed by atoms with Gasteiger partial charge in [0, 0.05) is 26.2 Å². The van der Waals surface area contributed by atoms with E-state index in [4.69, 9.17) is 23.7 Å². The number of hydrogen-bond acceptors (Lipinski definition) is 6. The molecule has 5 atom stereocenters. The maximum atomic E-state index is 11.2. The highest BCUT2D eigenvalue weighted by Crippen LogP contribution is 2.31. The zero-order chi connectivity index (χ0) is 23.2. The van der Waals surface area contributed by atoms with E-state index in [1.54, 1.807) is 7.11 Å². The average Bonchev–Trinajstić information content (AvgIpc) is 2.81. The van der Waals surface area contributed by atoms with E-state index in [0.29, 0.717) is 32.8 Å². The molecule has 1 aliphatic carbocycles. The Morgan fingerprint density at radius 1 is 0.750 bits per heavy atom. The molecule has 1 aromatic carbocycles. The van der Waals surface area contributed by atoms with E-state index in [9.17, 15) is 5.11 Å². The molecule has 6 nitrogen and oxygen atoms in total. The molecule has 0 saturated heterocycles. The molecule has 0 aliphatic heterocycles. The number of aliphatic hydroxyl groups is 1. The first-order chi connectivity index (χ1) is 15.6. The predicted octanol–water partition coefficient (Wildman–Crippen LogP) is 4.90. The number of benzene rings is 1. The first-order valence-electron chi connectivity index (χ1n) is 12.4. The average molecular weight is 453 g/mol. The SMILES string of the molecule is CCCCOC1CC(OCCCC)[C@@H](O)C(OCc2ccc(OC)cc2)C1OCCCC. The molecule has 32 heavy (non-hydrogen) atoms. The maximum absolute atomic E-state index is 11.2. The summed E-state index contributed by atoms with van der Waals surface area (Å²) < 4.78 is 30.1. The molecule has 6 heteroatoms. The Hall–Kier alpha value is -1.18. The summed E-state index contributed by atoms with van der Waals surface area (Å²) >= 11 is 0. The van der Waals surface area contributed by atoms with Crippen LogP contribution >= 0.6 is 0 Å². The van der Waals surface area contributed by atoms with Crippen molar-refractivity contribution in [2.75, 3.05) is 26.9 Å². The van der Waals surface area contributed by atoms with Crippen LogP contribution < -0.4 is 4.74 Å². The summed E-state index contributed by atoms with van der Waals surface area (Å²) in [5, 5.41) is 11.2. The fraction of sp³-hybridized carbons (Fsp3) is 0.769. The van der Waals surface area contributed by atoms with Crippen LogP contribution in [0.4, 0.5) is 0 Å². The zero-order valence-corrected chi connectivity index (χ0v) is 20.5. The standard InChI is InChI=1S/C26H44O6/c1-5-8-15-29-22-18-23(30-16-9-6-2)25(31-17-10-7-3)26(24(22)27)32-19-20-11-13-21(28-4)14-12-20/h11-14,22-27H,5-10,15-19H2,1-4H3/t22?,23?,24-,25?,26?/m1/s1. The van der Waals surface area contributed by atoms with Crippen LogP contribution in [-0.4, -0.2) is 62.6 Å². The minimum atomic E-state index is -0.761. The minimum absolute atomic E-state index is 0.158. The number of unbranched alkanes of at least 4 members (excludes halogenated alkanes) is 3. The summed E-state index contributed by atoms with van der Waals surface area (Å²) in [6.07, 6.45) is 4.66. The van der Waals surface area contributed by atoms with Crippen LogP contribution in [0.2, 0.25) is 0 Å². The van der Waals surface area contributed by atoms with E-state index in [2.05, 4.69) is 20.8 Å². The molecule has 2 rings (SSSR count). The third kappa shape index (κ3) is 8.64. The van der Waals surface area contributed by atoms with Gasteiger partial charge in [-0.05, 0) is 37.0 Å². The van der Waals surface area contributed by atoms with E-state index in [-0.39, 0.29) is 18.3 Å². The molecule has 0 spiro atoms. The largest absolute Gasteiger partial charge is 0.497 e. The van der Waals surface area contributed by atoms with Crippen LogP contribution in [0.5, 0.6) is 5.75 Å². The third-order valence-electron chi connectivity index (χ3n) is 5.94. The Morgan fingerprint density at radius 3 is 1.88 bits per heavy atom. The molecule has 1 aliphatic rings. The van der Waals surface area contributed by atoms with Gasteiger partial charge in [-0.25, -0.2) is 0 Å². The number of methoxy groups -OCH3 is 1. The van der Waals surface area contributed by atoms with Gasteiger partial charge in [0.2, 0.25) is 0 Å². The second-order valence-electron chi connectivity index (χ2n) is 8.56. The summed E-state index contributed by atoms with van der Waals surface area (Å²) in [6.45, 7) is 8.75. The first kappa shape index (κ1) is 27.1. The van der Waals surface area contributed by atoms with E-state index < -0.39 is 12.2 Å². The highest BCUT2D eigenvalue weighted by molar-refractivity contribution is 5.26. The number of hydrogen-bond donors (Lipinski definition) is 1. The monoisotopic (exact) mass is 452 g/mol. The van der Waals surface area contributed by atoms with Crippen molar-refractivity contribution in [1.29, 1.82) is 0 Å². The highest BCUT2D eigenvalue weighted by atomic mass is 16.6. The van der Waals surface area contributed by atoms with Crippen LogP contribution in [0, 0.1) is 0 Å². The number of ether oxygens (including phenoxy) is 5. The molecule has 0 bridgehead atoms. The van der Waals surface area contributed by atoms with Crippen LogP contribution in [0.3, 0.4) is 0 Å². The van der Waals surface area contributed by atoms with Gasteiger partial charge in [0.25, 0.3) is 0 Å². The molecular weight excluding hydrogens is 408 g/mol. The Kier molecular flexibility index (Phi) is 13.2. The van der Waals surface area contributed by atoms with Crippen LogP contribution in [0.15, 0.2) is 24.3 Å². The molecule has 0 radical (unpaired) electrons. The van der Waals surface area contributed by atoms with E-state index in [1.165, 1.54) is 0 Å². The minimum Gasteiger partial charge on any atom is -0.497 e. The van der Waals surface area contributed by atoms with E-state index in [1.807, 2.05) is 24.3 Å². The lowest BCUT2D eigenvalue weighted by molar-refractivity contribution is -0.231. The second kappa shape index (κ2) is 15.6. The molecule has 0 aromatic heterocycles. The Bertz CT molecular complexity index is 592. The molecule has 4 unspecified atom stereocenters. The van der Waals surface area contributed by atoms with Crippen molar-refractivity contribution in [2.24, 2.45) is 0 Å². The normalized spacial score (nSPS) is 25.7. The van der Waals surface area contributed by atoms with Gasteiger partial charge in [0.1, 0.15) is 24.1 Å². The van der Waals surface area contributed by atoms with Gasteiger partial charge in [-0.1, -0.05) is 52.2 Å². The first-order valence-corrected chi connectivity index (χ1v) is 12.4. The lowest BCUT2D eigenvalue weighted by Gasteiger charge is -2.44. The van der Waals surface area contributed by atoms with E-state index in [0.717, 1.165) is 49.8 Å². The summed E-state index contributed by atoms with van der Waals surface area (Å²) in [6, 6.07) is 7.79. The lowest BCUT2D eigenvalue weighted by Crippen LogP contribution is -2.59. The predicted molar refractivity (Wildman–Crippen MR) is 126 cm³/mol. The van der Waals surface area contributed by atoms with Crippen molar-refractivity contribution in [3.05, 3.63) is 29.8 Å².